The van der Waals surface area contributed by atoms with Crippen molar-refractivity contribution >= 4 is 29.3 Å². The van der Waals surface area contributed by atoms with Crippen LogP contribution in [0.4, 0.5) is 0 Å². The Balaban J connectivity index is 1.70. The van der Waals surface area contributed by atoms with Crippen LogP contribution in [0.15, 0.2) is 29.4 Å². The van der Waals surface area contributed by atoms with Gasteiger partial charge in [-0.1, -0.05) is 34.6 Å². The molecule has 1 amide bonds. The SMILES string of the molecule is Cc1cc(C)nc(SCc2c(C(=O)N3CCCCC3)nnn2-c2ccc(C)c(Cl)c2)n1. The number of rotatable bonds is 5. The van der Waals surface area contributed by atoms with Gasteiger partial charge in [-0.2, -0.15) is 0 Å². The number of aromatic nitrogens is 5. The summed E-state index contributed by atoms with van der Waals surface area (Å²) in [6.07, 6.45) is 3.20. The second-order valence-electron chi connectivity index (χ2n) is 7.80. The average Bonchev–Trinajstić information content (AvgIpc) is 3.17. The van der Waals surface area contributed by atoms with Crippen LogP contribution in [0.2, 0.25) is 5.02 Å². The molecule has 162 valence electrons. The Hall–Kier alpha value is -2.45. The van der Waals surface area contributed by atoms with Crippen LogP contribution < -0.4 is 0 Å². The second-order valence-corrected chi connectivity index (χ2v) is 9.15. The molecule has 1 aliphatic rings. The van der Waals surface area contributed by atoms with E-state index in [1.807, 2.05) is 49.9 Å². The number of carbonyl (C=O) groups is 1. The van der Waals surface area contributed by atoms with Gasteiger partial charge in [0.25, 0.3) is 5.91 Å². The van der Waals surface area contributed by atoms with E-state index in [-0.39, 0.29) is 5.91 Å². The number of nitrogens with zero attached hydrogens (tertiary/aromatic N) is 6. The zero-order valence-electron chi connectivity index (χ0n) is 17.9. The molecule has 31 heavy (non-hydrogen) atoms. The standard InChI is InChI=1S/C22H25ClN6OS/c1-14-7-8-17(12-18(14)23)29-19(13-31-22-24-15(2)11-16(3)25-22)20(26-27-29)21(30)28-9-5-4-6-10-28/h7-8,11-12H,4-6,9-10,13H2,1-3H3. The smallest absolute Gasteiger partial charge is 0.276 e. The van der Waals surface area contributed by atoms with Gasteiger partial charge in [-0.3, -0.25) is 4.79 Å². The minimum atomic E-state index is -0.0684. The summed E-state index contributed by atoms with van der Waals surface area (Å²) in [5.41, 5.74) is 4.69. The molecule has 0 unspecified atom stereocenters. The van der Waals surface area contributed by atoms with Crippen LogP contribution in [-0.4, -0.2) is 48.9 Å². The van der Waals surface area contributed by atoms with E-state index in [4.69, 9.17) is 11.6 Å². The highest BCUT2D eigenvalue weighted by molar-refractivity contribution is 7.98. The maximum Gasteiger partial charge on any atom is 0.276 e. The fourth-order valence-electron chi connectivity index (χ4n) is 3.66. The Kier molecular flexibility index (Phi) is 6.57. The number of hydrogen-bond acceptors (Lipinski definition) is 6. The molecule has 1 fully saturated rings. The van der Waals surface area contributed by atoms with Crippen LogP contribution in [0.3, 0.4) is 0 Å². The zero-order valence-corrected chi connectivity index (χ0v) is 19.5. The quantitative estimate of drug-likeness (QED) is 0.414. The lowest BCUT2D eigenvalue weighted by atomic mass is 10.1. The number of benzene rings is 1. The monoisotopic (exact) mass is 456 g/mol. The van der Waals surface area contributed by atoms with Crippen molar-refractivity contribution in [2.75, 3.05) is 13.1 Å². The summed E-state index contributed by atoms with van der Waals surface area (Å²) in [5, 5.41) is 9.93. The van der Waals surface area contributed by atoms with Gasteiger partial charge in [0.1, 0.15) is 0 Å². The third-order valence-electron chi connectivity index (χ3n) is 5.31. The molecule has 0 N–H and O–H groups in total. The fourth-order valence-corrected chi connectivity index (χ4v) is 4.77. The van der Waals surface area contributed by atoms with Gasteiger partial charge in [0.05, 0.1) is 11.4 Å². The lowest BCUT2D eigenvalue weighted by molar-refractivity contribution is 0.0717. The van der Waals surface area contributed by atoms with Crippen molar-refractivity contribution in [1.29, 1.82) is 0 Å². The van der Waals surface area contributed by atoms with Crippen LogP contribution in [0.25, 0.3) is 5.69 Å². The highest BCUT2D eigenvalue weighted by Crippen LogP contribution is 2.27. The van der Waals surface area contributed by atoms with Gasteiger partial charge < -0.3 is 4.90 Å². The van der Waals surface area contributed by atoms with Crippen molar-refractivity contribution in [3.63, 3.8) is 0 Å². The summed E-state index contributed by atoms with van der Waals surface area (Å²) in [6.45, 7) is 7.37. The fraction of sp³-hybridized carbons (Fsp3) is 0.409. The summed E-state index contributed by atoms with van der Waals surface area (Å²) >= 11 is 7.83. The van der Waals surface area contributed by atoms with Crippen LogP contribution in [0, 0.1) is 20.8 Å². The molecular weight excluding hydrogens is 432 g/mol. The van der Waals surface area contributed by atoms with Crippen molar-refractivity contribution in [3.8, 4) is 5.69 Å². The third-order valence-corrected chi connectivity index (χ3v) is 6.57. The van der Waals surface area contributed by atoms with E-state index < -0.39 is 0 Å². The molecule has 2 aromatic heterocycles. The Morgan fingerprint density at radius 2 is 1.77 bits per heavy atom. The summed E-state index contributed by atoms with van der Waals surface area (Å²) < 4.78 is 1.71. The van der Waals surface area contributed by atoms with Gasteiger partial charge in [-0.05, 0) is 63.8 Å². The number of aryl methyl sites for hydroxylation is 3. The van der Waals surface area contributed by atoms with E-state index in [2.05, 4.69) is 20.3 Å². The Morgan fingerprint density at radius 1 is 1.06 bits per heavy atom. The maximum absolute atomic E-state index is 13.2. The number of hydrogen-bond donors (Lipinski definition) is 0. The normalized spacial score (nSPS) is 14.1. The largest absolute Gasteiger partial charge is 0.337 e. The van der Waals surface area contributed by atoms with Gasteiger partial charge in [0.15, 0.2) is 10.9 Å². The number of carbonyl (C=O) groups excluding carboxylic acids is 1. The topological polar surface area (TPSA) is 76.8 Å². The van der Waals surface area contributed by atoms with Gasteiger partial charge >= 0.3 is 0 Å². The number of likely N-dealkylation sites (tertiary alicyclic amines) is 1. The summed E-state index contributed by atoms with van der Waals surface area (Å²) in [7, 11) is 0. The first-order valence-electron chi connectivity index (χ1n) is 10.4. The Bertz CT molecular complexity index is 1090. The van der Waals surface area contributed by atoms with Crippen molar-refractivity contribution in [2.45, 2.75) is 50.9 Å². The van der Waals surface area contributed by atoms with Crippen molar-refractivity contribution in [2.24, 2.45) is 0 Å². The van der Waals surface area contributed by atoms with Gasteiger partial charge in [-0.25, -0.2) is 14.6 Å². The van der Waals surface area contributed by atoms with Crippen LogP contribution in [0.5, 0.6) is 0 Å². The summed E-state index contributed by atoms with van der Waals surface area (Å²) in [4.78, 5) is 24.1. The first-order chi connectivity index (χ1) is 14.9. The molecule has 1 aliphatic heterocycles. The predicted molar refractivity (Wildman–Crippen MR) is 122 cm³/mol. The molecule has 9 heteroatoms. The molecule has 0 atom stereocenters. The highest BCUT2D eigenvalue weighted by atomic mass is 35.5. The molecule has 1 aromatic carbocycles. The van der Waals surface area contributed by atoms with Crippen LogP contribution in [-0.2, 0) is 5.75 Å². The number of halogens is 1. The number of amides is 1. The molecule has 1 saturated heterocycles. The van der Waals surface area contributed by atoms with Crippen molar-refractivity contribution in [3.05, 3.63) is 57.6 Å². The van der Waals surface area contributed by atoms with Crippen molar-refractivity contribution in [1.82, 2.24) is 29.9 Å². The summed E-state index contributed by atoms with van der Waals surface area (Å²) in [5.74, 6) is 0.400. The van der Waals surface area contributed by atoms with Crippen LogP contribution in [0.1, 0.15) is 52.4 Å². The molecule has 3 heterocycles. The molecule has 0 bridgehead atoms. The van der Waals surface area contributed by atoms with E-state index in [1.165, 1.54) is 11.8 Å². The van der Waals surface area contributed by atoms with Gasteiger partial charge in [0, 0.05) is 35.3 Å². The van der Waals surface area contributed by atoms with Crippen LogP contribution >= 0.6 is 23.4 Å². The first kappa shape index (κ1) is 21.8. The van der Waals surface area contributed by atoms with E-state index in [9.17, 15) is 4.79 Å². The average molecular weight is 457 g/mol. The number of piperidine rings is 1. The molecule has 0 aliphatic carbocycles. The molecule has 3 aromatic rings. The Morgan fingerprint density at radius 3 is 2.45 bits per heavy atom. The molecule has 0 saturated carbocycles. The van der Waals surface area contributed by atoms with E-state index >= 15 is 0 Å². The zero-order chi connectivity index (χ0) is 22.0. The van der Waals surface area contributed by atoms with E-state index in [1.54, 1.807) is 4.68 Å². The first-order valence-corrected chi connectivity index (χ1v) is 11.7. The lowest BCUT2D eigenvalue weighted by Crippen LogP contribution is -2.36. The summed E-state index contributed by atoms with van der Waals surface area (Å²) in [6, 6.07) is 7.67. The third kappa shape index (κ3) is 4.91. The van der Waals surface area contributed by atoms with Crippen molar-refractivity contribution < 1.29 is 4.79 Å². The predicted octanol–water partition coefficient (Wildman–Crippen LogP) is 4.55. The molecule has 0 radical (unpaired) electrons. The number of thioether (sulfide) groups is 1. The van der Waals surface area contributed by atoms with E-state index in [0.29, 0.717) is 21.6 Å². The minimum Gasteiger partial charge on any atom is -0.337 e. The van der Waals surface area contributed by atoms with E-state index in [0.717, 1.165) is 60.7 Å². The van der Waals surface area contributed by atoms with Gasteiger partial charge in [0.2, 0.25) is 0 Å². The maximum atomic E-state index is 13.2. The molecular formula is C22H25ClN6OS. The molecule has 7 nitrogen and oxygen atoms in total. The molecule has 0 spiro atoms. The lowest BCUT2D eigenvalue weighted by Gasteiger charge is -2.26. The highest BCUT2D eigenvalue weighted by Gasteiger charge is 2.26. The Labute approximate surface area is 191 Å². The van der Waals surface area contributed by atoms with Gasteiger partial charge in [-0.15, -0.1) is 5.10 Å². The molecule has 4 rings (SSSR count). The second kappa shape index (κ2) is 9.36. The minimum absolute atomic E-state index is 0.0684.